The van der Waals surface area contributed by atoms with E-state index in [-0.39, 0.29) is 0 Å². The molecule has 1 aliphatic heterocycles. The predicted octanol–water partition coefficient (Wildman–Crippen LogP) is 1.72. The predicted molar refractivity (Wildman–Crippen MR) is 62.6 cm³/mol. The molecule has 0 radical (unpaired) electrons. The topological polar surface area (TPSA) is 45.6 Å². The molecular weight excluding hydrogens is 200 g/mol. The molecule has 1 aliphatic rings. The van der Waals surface area contributed by atoms with Gasteiger partial charge in [-0.2, -0.15) is 5.10 Å². The lowest BCUT2D eigenvalue weighted by Gasteiger charge is -2.17. The van der Waals surface area contributed by atoms with Gasteiger partial charge < -0.3 is 9.88 Å². The summed E-state index contributed by atoms with van der Waals surface area (Å²) in [6, 6.07) is 2.18. The first kappa shape index (κ1) is 9.27. The van der Waals surface area contributed by atoms with Gasteiger partial charge in [0, 0.05) is 47.5 Å². The minimum absolute atomic E-state index is 0.900. The van der Waals surface area contributed by atoms with Crippen molar-refractivity contribution in [3.05, 3.63) is 47.7 Å². The van der Waals surface area contributed by atoms with Gasteiger partial charge in [-0.25, -0.2) is 0 Å². The Kier molecular flexibility index (Phi) is 2.06. The molecule has 0 unspecified atom stereocenters. The first-order valence-corrected chi connectivity index (χ1v) is 5.51. The Morgan fingerprint density at radius 3 is 3.19 bits per heavy atom. The van der Waals surface area contributed by atoms with Gasteiger partial charge in [0.2, 0.25) is 0 Å². The zero-order valence-corrected chi connectivity index (χ0v) is 9.20. The minimum atomic E-state index is 0.900. The quantitative estimate of drug-likeness (QED) is 0.799. The van der Waals surface area contributed by atoms with Gasteiger partial charge in [-0.3, -0.25) is 5.10 Å². The molecule has 4 heteroatoms. The average molecular weight is 214 g/mol. The van der Waals surface area contributed by atoms with Crippen molar-refractivity contribution in [1.29, 1.82) is 0 Å². The Morgan fingerprint density at radius 2 is 2.44 bits per heavy atom. The summed E-state index contributed by atoms with van der Waals surface area (Å²) in [5.41, 5.74) is 4.99. The van der Waals surface area contributed by atoms with Crippen molar-refractivity contribution in [3.8, 4) is 0 Å². The molecule has 3 heterocycles. The van der Waals surface area contributed by atoms with Crippen molar-refractivity contribution < 1.29 is 0 Å². The third-order valence-electron chi connectivity index (χ3n) is 3.03. The Bertz CT molecular complexity index is 519. The van der Waals surface area contributed by atoms with Crippen LogP contribution in [0.4, 0.5) is 0 Å². The normalized spacial score (nSPS) is 14.2. The van der Waals surface area contributed by atoms with Crippen LogP contribution in [0.5, 0.6) is 0 Å². The number of nitrogens with zero attached hydrogens (tertiary/aromatic N) is 2. The Morgan fingerprint density at radius 1 is 1.50 bits per heavy atom. The highest BCUT2D eigenvalue weighted by Gasteiger charge is 2.17. The molecule has 4 nitrogen and oxygen atoms in total. The monoisotopic (exact) mass is 214 g/mol. The number of fused-ring (bicyclic) bond motifs is 1. The van der Waals surface area contributed by atoms with Crippen molar-refractivity contribution in [2.24, 2.45) is 0 Å². The molecule has 0 amide bonds. The van der Waals surface area contributed by atoms with Crippen LogP contribution in [-0.2, 0) is 13.1 Å². The lowest BCUT2D eigenvalue weighted by Crippen LogP contribution is -2.16. The fraction of sp³-hybridized carbons (Fsp3) is 0.250. The summed E-state index contributed by atoms with van der Waals surface area (Å²) >= 11 is 0. The molecule has 0 aromatic carbocycles. The van der Waals surface area contributed by atoms with E-state index in [9.17, 15) is 0 Å². The second kappa shape index (κ2) is 3.56. The molecule has 82 valence electrons. The van der Waals surface area contributed by atoms with Gasteiger partial charge in [-0.1, -0.05) is 0 Å². The molecule has 0 aliphatic carbocycles. The van der Waals surface area contributed by atoms with Gasteiger partial charge in [0.1, 0.15) is 0 Å². The molecule has 0 fully saturated rings. The summed E-state index contributed by atoms with van der Waals surface area (Å²) < 4.78 is 2.27. The highest BCUT2D eigenvalue weighted by molar-refractivity contribution is 5.81. The molecular formula is C12H14N4. The van der Waals surface area contributed by atoms with Crippen molar-refractivity contribution in [3.63, 3.8) is 0 Å². The van der Waals surface area contributed by atoms with Crippen LogP contribution in [0.2, 0.25) is 0 Å². The van der Waals surface area contributed by atoms with Crippen molar-refractivity contribution in [2.45, 2.75) is 20.0 Å². The largest absolute Gasteiger partial charge is 0.385 e. The zero-order valence-electron chi connectivity index (χ0n) is 9.20. The summed E-state index contributed by atoms with van der Waals surface area (Å²) in [4.78, 5) is 0. The maximum Gasteiger partial charge on any atom is 0.0566 e. The van der Waals surface area contributed by atoms with E-state index in [1.165, 1.54) is 16.8 Å². The molecule has 3 rings (SSSR count). The van der Waals surface area contributed by atoms with Crippen LogP contribution in [0, 0.1) is 0 Å². The molecule has 2 aromatic heterocycles. The van der Waals surface area contributed by atoms with E-state index in [1.807, 2.05) is 12.4 Å². The van der Waals surface area contributed by atoms with Gasteiger partial charge in [0.05, 0.1) is 12.7 Å². The van der Waals surface area contributed by atoms with Gasteiger partial charge in [-0.15, -0.1) is 0 Å². The fourth-order valence-electron chi connectivity index (χ4n) is 2.21. The number of hydrogen-bond acceptors (Lipinski definition) is 2. The van der Waals surface area contributed by atoms with E-state index in [4.69, 9.17) is 0 Å². The summed E-state index contributed by atoms with van der Waals surface area (Å²) in [5.74, 6) is 0. The van der Waals surface area contributed by atoms with Crippen LogP contribution in [0.25, 0.3) is 5.57 Å². The first-order chi connectivity index (χ1) is 7.90. The van der Waals surface area contributed by atoms with Crippen molar-refractivity contribution in [1.82, 2.24) is 20.1 Å². The maximum atomic E-state index is 4.00. The zero-order chi connectivity index (χ0) is 11.0. The second-order valence-corrected chi connectivity index (χ2v) is 3.89. The number of aryl methyl sites for hydroxylation is 1. The number of aromatic nitrogens is 3. The van der Waals surface area contributed by atoms with Gasteiger partial charge in [0.15, 0.2) is 0 Å². The number of aromatic amines is 1. The molecule has 0 saturated carbocycles. The Balaban J connectivity index is 2.10. The van der Waals surface area contributed by atoms with Crippen molar-refractivity contribution in [2.75, 3.05) is 0 Å². The van der Waals surface area contributed by atoms with Crippen LogP contribution in [0.3, 0.4) is 0 Å². The maximum absolute atomic E-state index is 4.00. The smallest absolute Gasteiger partial charge is 0.0566 e. The van der Waals surface area contributed by atoms with Gasteiger partial charge in [0.25, 0.3) is 0 Å². The second-order valence-electron chi connectivity index (χ2n) is 3.89. The van der Waals surface area contributed by atoms with E-state index >= 15 is 0 Å². The molecule has 16 heavy (non-hydrogen) atoms. The molecule has 0 atom stereocenters. The van der Waals surface area contributed by atoms with E-state index in [0.29, 0.717) is 0 Å². The number of H-pyrrole nitrogens is 1. The lowest BCUT2D eigenvalue weighted by molar-refractivity contribution is 0.682. The summed E-state index contributed by atoms with van der Waals surface area (Å²) in [7, 11) is 0. The number of nitrogens with one attached hydrogen (secondary N) is 2. The Labute approximate surface area is 94.0 Å². The summed E-state index contributed by atoms with van der Waals surface area (Å²) in [6.45, 7) is 4.07. The Hall–Kier alpha value is -1.97. The highest BCUT2D eigenvalue weighted by atomic mass is 15.1. The third kappa shape index (κ3) is 1.26. The van der Waals surface area contributed by atoms with E-state index < -0.39 is 0 Å². The molecule has 0 bridgehead atoms. The van der Waals surface area contributed by atoms with Gasteiger partial charge in [-0.05, 0) is 13.0 Å². The minimum Gasteiger partial charge on any atom is -0.385 e. The SMILES string of the molecule is CCn1ccc2c1CNC=C2c1cn[nH]c1. The van der Waals surface area contributed by atoms with Crippen LogP contribution < -0.4 is 5.32 Å². The van der Waals surface area contributed by atoms with Crippen molar-refractivity contribution >= 4 is 5.57 Å². The number of hydrogen-bond donors (Lipinski definition) is 2. The van der Waals surface area contributed by atoms with Crippen LogP contribution in [0.1, 0.15) is 23.7 Å². The van der Waals surface area contributed by atoms with E-state index in [0.717, 1.165) is 18.7 Å². The molecule has 2 aromatic rings. The summed E-state index contributed by atoms with van der Waals surface area (Å²) in [6.07, 6.45) is 7.98. The number of rotatable bonds is 2. The van der Waals surface area contributed by atoms with E-state index in [1.54, 1.807) is 0 Å². The fourth-order valence-corrected chi connectivity index (χ4v) is 2.21. The van der Waals surface area contributed by atoms with E-state index in [2.05, 4.69) is 45.5 Å². The highest BCUT2D eigenvalue weighted by Crippen LogP contribution is 2.28. The molecule has 2 N–H and O–H groups in total. The third-order valence-corrected chi connectivity index (χ3v) is 3.03. The summed E-state index contributed by atoms with van der Waals surface area (Å²) in [5, 5.41) is 10.2. The average Bonchev–Trinajstić information content (AvgIpc) is 2.97. The lowest BCUT2D eigenvalue weighted by atomic mass is 10.00. The van der Waals surface area contributed by atoms with Crippen LogP contribution in [-0.4, -0.2) is 14.8 Å². The first-order valence-electron chi connectivity index (χ1n) is 5.51. The molecule has 0 saturated heterocycles. The van der Waals surface area contributed by atoms with Crippen LogP contribution in [0.15, 0.2) is 30.9 Å². The standard InChI is InChI=1S/C12H14N4/c1-2-16-4-3-10-11(7-13-8-12(10)16)9-5-14-15-6-9/h3-7,13H,2,8H2,1H3,(H,14,15). The van der Waals surface area contributed by atoms with Gasteiger partial charge >= 0.3 is 0 Å². The van der Waals surface area contributed by atoms with Crippen LogP contribution >= 0.6 is 0 Å². The molecule has 0 spiro atoms.